The number of anilines is 1. The van der Waals surface area contributed by atoms with E-state index in [0.29, 0.717) is 0 Å². The molecule has 6 heteroatoms. The average Bonchev–Trinajstić information content (AvgIpc) is 2.67. The molecule has 0 bridgehead atoms. The molecule has 26 heavy (non-hydrogen) atoms. The van der Waals surface area contributed by atoms with Gasteiger partial charge < -0.3 is 15.5 Å². The normalized spacial score (nSPS) is 15.3. The first-order valence-electron chi connectivity index (χ1n) is 9.49. The summed E-state index contributed by atoms with van der Waals surface area (Å²) >= 11 is 0. The van der Waals surface area contributed by atoms with Crippen molar-refractivity contribution < 1.29 is 0 Å². The number of nitrogens with zero attached hydrogens (tertiary/aromatic N) is 3. The Morgan fingerprint density at radius 3 is 2.50 bits per heavy atom. The highest BCUT2D eigenvalue weighted by molar-refractivity contribution is 14.0. The van der Waals surface area contributed by atoms with E-state index in [4.69, 9.17) is 0 Å². The third-order valence-electron chi connectivity index (χ3n) is 4.40. The van der Waals surface area contributed by atoms with Crippen LogP contribution >= 0.6 is 24.0 Å². The third kappa shape index (κ3) is 8.40. The number of para-hydroxylation sites is 1. The molecular formula is C20H34IN5. The minimum absolute atomic E-state index is 0. The van der Waals surface area contributed by atoms with E-state index in [1.54, 1.807) is 0 Å². The summed E-state index contributed by atoms with van der Waals surface area (Å²) in [6.45, 7) is 14.0. The molecule has 0 atom stereocenters. The lowest BCUT2D eigenvalue weighted by atomic mass is 10.2. The largest absolute Gasteiger partial charge is 0.369 e. The topological polar surface area (TPSA) is 42.9 Å². The molecule has 2 N–H and O–H groups in total. The van der Waals surface area contributed by atoms with Gasteiger partial charge in [0.15, 0.2) is 5.96 Å². The first-order valence-corrected chi connectivity index (χ1v) is 9.49. The zero-order valence-electron chi connectivity index (χ0n) is 16.0. The minimum atomic E-state index is 0. The lowest BCUT2D eigenvalue weighted by molar-refractivity contribution is 0.253. The summed E-state index contributed by atoms with van der Waals surface area (Å²) in [4.78, 5) is 9.66. The predicted molar refractivity (Wildman–Crippen MR) is 124 cm³/mol. The number of guanidine groups is 1. The van der Waals surface area contributed by atoms with Gasteiger partial charge in [-0.1, -0.05) is 24.3 Å². The predicted octanol–water partition coefficient (Wildman–Crippen LogP) is 2.95. The van der Waals surface area contributed by atoms with E-state index < -0.39 is 0 Å². The van der Waals surface area contributed by atoms with Crippen LogP contribution in [0, 0.1) is 0 Å². The van der Waals surface area contributed by atoms with Crippen molar-refractivity contribution in [2.24, 2.45) is 4.99 Å². The number of unbranched alkanes of at least 4 members (excludes halogenated alkanes) is 1. The second-order valence-electron chi connectivity index (χ2n) is 6.30. The molecule has 0 unspecified atom stereocenters. The van der Waals surface area contributed by atoms with Crippen molar-refractivity contribution in [3.63, 3.8) is 0 Å². The lowest BCUT2D eigenvalue weighted by Crippen LogP contribution is -2.46. The molecular weight excluding hydrogens is 437 g/mol. The molecule has 5 nitrogen and oxygen atoms in total. The van der Waals surface area contributed by atoms with Gasteiger partial charge in [0.25, 0.3) is 0 Å². The zero-order chi connectivity index (χ0) is 17.7. The van der Waals surface area contributed by atoms with Crippen LogP contribution in [0.3, 0.4) is 0 Å². The first kappa shape index (κ1) is 22.8. The number of nitrogens with one attached hydrogen (secondary N) is 2. The van der Waals surface area contributed by atoms with E-state index >= 15 is 0 Å². The Morgan fingerprint density at radius 2 is 1.85 bits per heavy atom. The van der Waals surface area contributed by atoms with E-state index in [1.807, 2.05) is 6.08 Å². The highest BCUT2D eigenvalue weighted by Crippen LogP contribution is 2.15. The number of hydrogen-bond acceptors (Lipinski definition) is 3. The number of halogens is 1. The second-order valence-corrected chi connectivity index (χ2v) is 6.30. The molecule has 1 aliphatic rings. The summed E-state index contributed by atoms with van der Waals surface area (Å²) in [6.07, 6.45) is 4.18. The fourth-order valence-electron chi connectivity index (χ4n) is 3.02. The van der Waals surface area contributed by atoms with E-state index in [9.17, 15) is 0 Å². The Morgan fingerprint density at radius 1 is 1.12 bits per heavy atom. The second kappa shape index (κ2) is 13.9. The van der Waals surface area contributed by atoms with E-state index in [0.717, 1.165) is 58.2 Å². The Balaban J connectivity index is 0.00000338. The smallest absolute Gasteiger partial charge is 0.191 e. The fraction of sp³-hybridized carbons (Fsp3) is 0.550. The molecule has 0 aromatic heterocycles. The van der Waals surface area contributed by atoms with Gasteiger partial charge in [-0.05, 0) is 38.4 Å². The summed E-state index contributed by atoms with van der Waals surface area (Å²) < 4.78 is 0. The number of hydrogen-bond donors (Lipinski definition) is 2. The SMILES string of the molecule is C=CCNC(=NCCCCN1CCN(c2ccccc2)CC1)NCC.I. The zero-order valence-corrected chi connectivity index (χ0v) is 18.3. The molecule has 0 aliphatic carbocycles. The van der Waals surface area contributed by atoms with Crippen LogP contribution in [0.4, 0.5) is 5.69 Å². The number of aliphatic imine (C=N–C) groups is 1. The molecule has 146 valence electrons. The number of piperazine rings is 1. The van der Waals surface area contributed by atoms with Gasteiger partial charge in [-0.25, -0.2) is 0 Å². The molecule has 1 heterocycles. The molecule has 1 fully saturated rings. The molecule has 0 amide bonds. The Hall–Kier alpha value is -1.28. The van der Waals surface area contributed by atoms with Crippen molar-refractivity contribution in [3.8, 4) is 0 Å². The van der Waals surface area contributed by atoms with Crippen LogP contribution in [-0.2, 0) is 0 Å². The summed E-state index contributed by atoms with van der Waals surface area (Å²) in [7, 11) is 0. The highest BCUT2D eigenvalue weighted by atomic mass is 127. The Labute approximate surface area is 176 Å². The van der Waals surface area contributed by atoms with Crippen molar-refractivity contribution in [2.75, 3.05) is 57.3 Å². The molecule has 0 saturated carbocycles. The van der Waals surface area contributed by atoms with Crippen LogP contribution < -0.4 is 15.5 Å². The summed E-state index contributed by atoms with van der Waals surface area (Å²) in [5, 5.41) is 6.49. The monoisotopic (exact) mass is 471 g/mol. The first-order chi connectivity index (χ1) is 12.3. The van der Waals surface area contributed by atoms with Gasteiger partial charge >= 0.3 is 0 Å². The molecule has 1 aromatic carbocycles. The molecule has 1 aliphatic heterocycles. The van der Waals surface area contributed by atoms with Crippen molar-refractivity contribution in [1.29, 1.82) is 0 Å². The van der Waals surface area contributed by atoms with Gasteiger partial charge in [-0.2, -0.15) is 0 Å². The fourth-order valence-corrected chi connectivity index (χ4v) is 3.02. The van der Waals surface area contributed by atoms with Crippen molar-refractivity contribution in [1.82, 2.24) is 15.5 Å². The van der Waals surface area contributed by atoms with E-state index in [1.165, 1.54) is 18.7 Å². The summed E-state index contributed by atoms with van der Waals surface area (Å²) in [5.74, 6) is 0.888. The van der Waals surface area contributed by atoms with Gasteiger partial charge in [0, 0.05) is 51.5 Å². The van der Waals surface area contributed by atoms with Crippen LogP contribution in [0.1, 0.15) is 19.8 Å². The number of benzene rings is 1. The van der Waals surface area contributed by atoms with Gasteiger partial charge in [0.05, 0.1) is 0 Å². The van der Waals surface area contributed by atoms with Crippen LogP contribution in [0.15, 0.2) is 48.0 Å². The van der Waals surface area contributed by atoms with Gasteiger partial charge in [0.1, 0.15) is 0 Å². The third-order valence-corrected chi connectivity index (χ3v) is 4.40. The summed E-state index contributed by atoms with van der Waals surface area (Å²) in [5.41, 5.74) is 1.35. The maximum absolute atomic E-state index is 4.61. The quantitative estimate of drug-likeness (QED) is 0.191. The van der Waals surface area contributed by atoms with Crippen LogP contribution in [0.25, 0.3) is 0 Å². The Bertz CT molecular complexity index is 512. The number of rotatable bonds is 9. The van der Waals surface area contributed by atoms with Gasteiger partial charge in [0.2, 0.25) is 0 Å². The molecule has 1 saturated heterocycles. The van der Waals surface area contributed by atoms with Crippen LogP contribution in [-0.4, -0.2) is 63.2 Å². The molecule has 0 radical (unpaired) electrons. The maximum Gasteiger partial charge on any atom is 0.191 e. The van der Waals surface area contributed by atoms with Gasteiger partial charge in [-0.15, -0.1) is 30.6 Å². The standard InChI is InChI=1S/C20H33N5.HI/c1-3-12-22-20(21-4-2)23-13-8-9-14-24-15-17-25(18-16-24)19-10-6-5-7-11-19;/h3,5-7,10-11H,1,4,8-9,12-18H2,2H3,(H2,21,22,23);1H. The van der Waals surface area contributed by atoms with Crippen molar-refractivity contribution in [2.45, 2.75) is 19.8 Å². The maximum atomic E-state index is 4.61. The highest BCUT2D eigenvalue weighted by Gasteiger charge is 2.16. The lowest BCUT2D eigenvalue weighted by Gasteiger charge is -2.36. The average molecular weight is 471 g/mol. The summed E-state index contributed by atoms with van der Waals surface area (Å²) in [6, 6.07) is 10.7. The molecule has 1 aromatic rings. The van der Waals surface area contributed by atoms with E-state index in [-0.39, 0.29) is 24.0 Å². The van der Waals surface area contributed by atoms with E-state index in [2.05, 4.69) is 69.3 Å². The minimum Gasteiger partial charge on any atom is -0.369 e. The Kier molecular flexibility index (Phi) is 12.1. The molecule has 0 spiro atoms. The molecule has 2 rings (SSSR count). The van der Waals surface area contributed by atoms with Crippen molar-refractivity contribution in [3.05, 3.63) is 43.0 Å². The van der Waals surface area contributed by atoms with Crippen LogP contribution in [0.2, 0.25) is 0 Å². The van der Waals surface area contributed by atoms with Crippen LogP contribution in [0.5, 0.6) is 0 Å². The van der Waals surface area contributed by atoms with Gasteiger partial charge in [-0.3, -0.25) is 9.89 Å². The van der Waals surface area contributed by atoms with Crippen molar-refractivity contribution >= 4 is 35.6 Å².